The highest BCUT2D eigenvalue weighted by Crippen LogP contribution is 2.56. The van der Waals surface area contributed by atoms with E-state index in [0.29, 0.717) is 5.75 Å². The Bertz CT molecular complexity index is 843. The maximum absolute atomic E-state index is 13.0. The smallest absolute Gasteiger partial charge is 0.211 e. The summed E-state index contributed by atoms with van der Waals surface area (Å²) in [5.74, 6) is 2.03. The number of carbonyl (C=O) groups is 1. The zero-order chi connectivity index (χ0) is 19.6. The first kappa shape index (κ1) is 18.7. The van der Waals surface area contributed by atoms with Crippen LogP contribution in [0.25, 0.3) is 0 Å². The van der Waals surface area contributed by atoms with Gasteiger partial charge in [-0.15, -0.1) is 0 Å². The summed E-state index contributed by atoms with van der Waals surface area (Å²) in [6.45, 7) is 0. The molecule has 0 saturated carbocycles. The van der Waals surface area contributed by atoms with Gasteiger partial charge < -0.3 is 28.4 Å². The fourth-order valence-electron chi connectivity index (χ4n) is 3.21. The maximum Gasteiger partial charge on any atom is 0.211 e. The van der Waals surface area contributed by atoms with Crippen molar-refractivity contribution < 1.29 is 33.2 Å². The molecule has 1 aliphatic rings. The molecule has 0 aliphatic carbocycles. The van der Waals surface area contributed by atoms with Crippen LogP contribution >= 0.6 is 0 Å². The number of carbonyl (C=O) groups excluding carboxylic acids is 1. The van der Waals surface area contributed by atoms with E-state index in [0.717, 1.165) is 11.3 Å². The molecule has 27 heavy (non-hydrogen) atoms. The van der Waals surface area contributed by atoms with Crippen LogP contribution in [-0.2, 0) is 0 Å². The SMILES string of the molecule is COc1ccc([C@@H]2CC(=O)c3c(OC)c(OC)c(OC)c(OC)c3O2)cc1. The third-order valence-electron chi connectivity index (χ3n) is 4.49. The van der Waals surface area contributed by atoms with E-state index in [2.05, 4.69) is 0 Å². The van der Waals surface area contributed by atoms with Gasteiger partial charge in [-0.3, -0.25) is 4.79 Å². The van der Waals surface area contributed by atoms with Gasteiger partial charge in [-0.05, 0) is 17.7 Å². The Morgan fingerprint density at radius 2 is 1.33 bits per heavy atom. The number of ether oxygens (including phenoxy) is 6. The first-order valence-corrected chi connectivity index (χ1v) is 8.33. The van der Waals surface area contributed by atoms with Gasteiger partial charge in [0.05, 0.1) is 42.0 Å². The zero-order valence-corrected chi connectivity index (χ0v) is 16.0. The molecule has 2 aromatic carbocycles. The van der Waals surface area contributed by atoms with E-state index < -0.39 is 6.10 Å². The monoisotopic (exact) mass is 374 g/mol. The largest absolute Gasteiger partial charge is 0.497 e. The first-order chi connectivity index (χ1) is 13.1. The summed E-state index contributed by atoms with van der Waals surface area (Å²) in [7, 11) is 7.50. The molecule has 0 fully saturated rings. The summed E-state index contributed by atoms with van der Waals surface area (Å²) in [6, 6.07) is 7.38. The van der Waals surface area contributed by atoms with Gasteiger partial charge >= 0.3 is 0 Å². The molecule has 2 aromatic rings. The van der Waals surface area contributed by atoms with Crippen LogP contribution in [0.5, 0.6) is 34.5 Å². The maximum atomic E-state index is 13.0. The number of hydrogen-bond donors (Lipinski definition) is 0. The number of methoxy groups -OCH3 is 5. The molecule has 1 aliphatic heterocycles. The van der Waals surface area contributed by atoms with Crippen molar-refractivity contribution in [2.24, 2.45) is 0 Å². The minimum Gasteiger partial charge on any atom is -0.497 e. The quantitative estimate of drug-likeness (QED) is 0.767. The molecule has 0 radical (unpaired) electrons. The van der Waals surface area contributed by atoms with E-state index in [9.17, 15) is 4.79 Å². The summed E-state index contributed by atoms with van der Waals surface area (Å²) in [5, 5.41) is 0. The molecule has 1 heterocycles. The lowest BCUT2D eigenvalue weighted by Gasteiger charge is -2.29. The molecule has 7 heteroatoms. The first-order valence-electron chi connectivity index (χ1n) is 8.33. The third-order valence-corrected chi connectivity index (χ3v) is 4.49. The Labute approximate surface area is 157 Å². The van der Waals surface area contributed by atoms with Crippen molar-refractivity contribution in [3.63, 3.8) is 0 Å². The molecular weight excluding hydrogens is 352 g/mol. The lowest BCUT2D eigenvalue weighted by atomic mass is 9.94. The van der Waals surface area contributed by atoms with Crippen molar-refractivity contribution in [3.05, 3.63) is 35.4 Å². The van der Waals surface area contributed by atoms with Gasteiger partial charge in [-0.25, -0.2) is 0 Å². The van der Waals surface area contributed by atoms with Crippen molar-refractivity contribution in [2.45, 2.75) is 12.5 Å². The normalized spacial score (nSPS) is 15.4. The summed E-state index contributed by atoms with van der Waals surface area (Å²) in [4.78, 5) is 13.0. The predicted octanol–water partition coefficient (Wildman–Crippen LogP) is 3.44. The molecule has 0 spiro atoms. The van der Waals surface area contributed by atoms with Crippen molar-refractivity contribution >= 4 is 5.78 Å². The molecule has 0 N–H and O–H groups in total. The van der Waals surface area contributed by atoms with Crippen LogP contribution in [-0.4, -0.2) is 41.3 Å². The van der Waals surface area contributed by atoms with Crippen LogP contribution in [0.3, 0.4) is 0 Å². The number of ketones is 1. The minimum atomic E-state index is -0.465. The van der Waals surface area contributed by atoms with Crippen molar-refractivity contribution in [3.8, 4) is 34.5 Å². The second kappa shape index (κ2) is 7.65. The van der Waals surface area contributed by atoms with Gasteiger partial charge in [-0.1, -0.05) is 12.1 Å². The summed E-state index contributed by atoms with van der Waals surface area (Å²) in [6.07, 6.45) is -0.304. The van der Waals surface area contributed by atoms with Gasteiger partial charge in [0.15, 0.2) is 17.3 Å². The van der Waals surface area contributed by atoms with Crippen LogP contribution in [0.1, 0.15) is 28.4 Å². The van der Waals surface area contributed by atoms with E-state index in [-0.39, 0.29) is 40.8 Å². The average Bonchev–Trinajstić information content (AvgIpc) is 2.71. The number of Topliss-reactive ketones (excluding diaryl/α,β-unsaturated/α-hetero) is 1. The van der Waals surface area contributed by atoms with Crippen molar-refractivity contribution in [1.29, 1.82) is 0 Å². The molecule has 3 rings (SSSR count). The molecule has 0 saturated heterocycles. The zero-order valence-electron chi connectivity index (χ0n) is 16.0. The lowest BCUT2D eigenvalue weighted by molar-refractivity contribution is 0.0833. The van der Waals surface area contributed by atoms with Gasteiger partial charge in [0.2, 0.25) is 17.2 Å². The van der Waals surface area contributed by atoms with Gasteiger partial charge in [0.1, 0.15) is 17.4 Å². The van der Waals surface area contributed by atoms with Gasteiger partial charge in [0, 0.05) is 0 Å². The molecular formula is C20H22O7. The molecule has 0 amide bonds. The highest BCUT2D eigenvalue weighted by Gasteiger charge is 2.38. The van der Waals surface area contributed by atoms with Crippen LogP contribution in [0.4, 0.5) is 0 Å². The fraction of sp³-hybridized carbons (Fsp3) is 0.350. The van der Waals surface area contributed by atoms with E-state index in [1.54, 1.807) is 7.11 Å². The molecule has 1 atom stereocenters. The highest BCUT2D eigenvalue weighted by molar-refractivity contribution is 6.05. The molecule has 0 bridgehead atoms. The van der Waals surface area contributed by atoms with E-state index in [4.69, 9.17) is 28.4 Å². The molecule has 144 valence electrons. The van der Waals surface area contributed by atoms with Crippen LogP contribution < -0.4 is 28.4 Å². The van der Waals surface area contributed by atoms with Crippen LogP contribution in [0.15, 0.2) is 24.3 Å². The van der Waals surface area contributed by atoms with E-state index in [1.165, 1.54) is 28.4 Å². The Balaban J connectivity index is 2.14. The van der Waals surface area contributed by atoms with Crippen LogP contribution in [0, 0.1) is 0 Å². The Hall–Kier alpha value is -3.09. The summed E-state index contributed by atoms with van der Waals surface area (Å²) >= 11 is 0. The third kappa shape index (κ3) is 3.09. The Kier molecular flexibility index (Phi) is 5.30. The second-order valence-corrected chi connectivity index (χ2v) is 5.84. The topological polar surface area (TPSA) is 72.5 Å². The summed E-state index contributed by atoms with van der Waals surface area (Å²) < 4.78 is 33.1. The minimum absolute atomic E-state index is 0.131. The predicted molar refractivity (Wildman–Crippen MR) is 98.0 cm³/mol. The number of benzene rings is 2. The fourth-order valence-corrected chi connectivity index (χ4v) is 3.21. The Morgan fingerprint density at radius 1 is 0.778 bits per heavy atom. The molecule has 0 aromatic heterocycles. The van der Waals surface area contributed by atoms with Gasteiger partial charge in [0.25, 0.3) is 0 Å². The lowest BCUT2D eigenvalue weighted by Crippen LogP contribution is -2.22. The number of rotatable bonds is 6. The van der Waals surface area contributed by atoms with E-state index >= 15 is 0 Å². The van der Waals surface area contributed by atoms with Crippen molar-refractivity contribution in [1.82, 2.24) is 0 Å². The Morgan fingerprint density at radius 3 is 1.85 bits per heavy atom. The second-order valence-electron chi connectivity index (χ2n) is 5.84. The van der Waals surface area contributed by atoms with Gasteiger partial charge in [-0.2, -0.15) is 0 Å². The van der Waals surface area contributed by atoms with Crippen molar-refractivity contribution in [2.75, 3.05) is 35.5 Å². The van der Waals surface area contributed by atoms with E-state index in [1.807, 2.05) is 24.3 Å². The highest BCUT2D eigenvalue weighted by atomic mass is 16.6. The molecule has 7 nitrogen and oxygen atoms in total. The number of fused-ring (bicyclic) bond motifs is 1. The number of hydrogen-bond acceptors (Lipinski definition) is 7. The average molecular weight is 374 g/mol. The van der Waals surface area contributed by atoms with Crippen LogP contribution in [0.2, 0.25) is 0 Å². The summed E-state index contributed by atoms with van der Waals surface area (Å²) in [5.41, 5.74) is 1.14. The molecule has 0 unspecified atom stereocenters. The standard InChI is InChI=1S/C20H22O7/c1-22-12-8-6-11(7-9-12)14-10-13(21)15-16(23-2)18(24-3)20(26-5)19(25-4)17(15)27-14/h6-9,14H,10H2,1-5H3/t14-/m0/s1.